The van der Waals surface area contributed by atoms with E-state index in [0.29, 0.717) is 23.0 Å². The van der Waals surface area contributed by atoms with Crippen molar-refractivity contribution in [3.63, 3.8) is 0 Å². The molecule has 6 nitrogen and oxygen atoms in total. The van der Waals surface area contributed by atoms with E-state index in [2.05, 4.69) is 15.6 Å². The van der Waals surface area contributed by atoms with E-state index in [-0.39, 0.29) is 11.3 Å². The van der Waals surface area contributed by atoms with Crippen molar-refractivity contribution in [2.24, 2.45) is 0 Å². The smallest absolute Gasteiger partial charge is 0.248 e. The van der Waals surface area contributed by atoms with Crippen LogP contribution in [0.4, 0.5) is 0 Å². The third-order valence-electron chi connectivity index (χ3n) is 3.63. The average Bonchev–Trinajstić information content (AvgIpc) is 2.51. The van der Waals surface area contributed by atoms with Crippen LogP contribution in [0.2, 0.25) is 0 Å². The van der Waals surface area contributed by atoms with Gasteiger partial charge >= 0.3 is 0 Å². The van der Waals surface area contributed by atoms with Crippen LogP contribution in [0.5, 0.6) is 5.75 Å². The van der Waals surface area contributed by atoms with E-state index < -0.39 is 6.10 Å². The normalized spacial score (nSPS) is 12.6. The maximum absolute atomic E-state index is 11.4. The highest BCUT2D eigenvalue weighted by atomic mass is 16.3. The Hall–Kier alpha value is -1.89. The molecule has 0 aliphatic heterocycles. The molecule has 6 heteroatoms. The number of unbranched alkanes of at least 4 members (excludes halogenated alkanes) is 1. The van der Waals surface area contributed by atoms with Crippen LogP contribution in [0.1, 0.15) is 24.5 Å². The summed E-state index contributed by atoms with van der Waals surface area (Å²) in [4.78, 5) is 14.0. The van der Waals surface area contributed by atoms with Crippen LogP contribution >= 0.6 is 0 Å². The first-order valence-corrected chi connectivity index (χ1v) is 7.51. The lowest BCUT2D eigenvalue weighted by molar-refractivity contribution is 0.176. The lowest BCUT2D eigenvalue weighted by Gasteiger charge is -2.15. The fraction of sp³-hybridized carbons (Fsp3) is 0.438. The fourth-order valence-electron chi connectivity index (χ4n) is 2.45. The summed E-state index contributed by atoms with van der Waals surface area (Å²) < 4.78 is 0. The number of phenolic OH excluding ortho intramolecular Hbond substituents is 1. The second-order valence-corrected chi connectivity index (χ2v) is 5.32. The molecule has 0 aliphatic rings. The van der Waals surface area contributed by atoms with Crippen LogP contribution in [0, 0.1) is 0 Å². The molecule has 1 unspecified atom stereocenters. The number of nitrogens with one attached hydrogen (secondary N) is 3. The summed E-state index contributed by atoms with van der Waals surface area (Å²) in [6.45, 7) is 2.25. The summed E-state index contributed by atoms with van der Waals surface area (Å²) in [5, 5.41) is 27.1. The Kier molecular flexibility index (Phi) is 5.94. The molecule has 1 heterocycles. The maximum Gasteiger partial charge on any atom is 0.248 e. The zero-order valence-corrected chi connectivity index (χ0v) is 12.7. The van der Waals surface area contributed by atoms with Crippen LogP contribution in [0.15, 0.2) is 29.1 Å². The van der Waals surface area contributed by atoms with Gasteiger partial charge in [-0.3, -0.25) is 4.79 Å². The molecule has 1 atom stereocenters. The molecule has 2 aromatic rings. The summed E-state index contributed by atoms with van der Waals surface area (Å²) in [5.41, 5.74) is 0.766. The van der Waals surface area contributed by atoms with Gasteiger partial charge < -0.3 is 25.8 Å². The quantitative estimate of drug-likeness (QED) is 0.466. The zero-order valence-electron chi connectivity index (χ0n) is 12.7. The topological polar surface area (TPSA) is 97.4 Å². The minimum atomic E-state index is -0.696. The SMILES string of the molecule is CNCCCCNCC(O)c1ccc(O)c2[nH]c(=O)ccc12. The van der Waals surface area contributed by atoms with Crippen LogP contribution < -0.4 is 16.2 Å². The first kappa shape index (κ1) is 16.5. The first-order chi connectivity index (χ1) is 10.6. The molecule has 120 valence electrons. The number of aromatic amines is 1. The summed E-state index contributed by atoms with van der Waals surface area (Å²) in [5.74, 6) is 0.00340. The van der Waals surface area contributed by atoms with Crippen LogP contribution in [-0.4, -0.2) is 41.9 Å². The minimum Gasteiger partial charge on any atom is -0.506 e. The average molecular weight is 305 g/mol. The van der Waals surface area contributed by atoms with Crippen LogP contribution in [-0.2, 0) is 0 Å². The second kappa shape index (κ2) is 7.93. The Morgan fingerprint density at radius 3 is 2.73 bits per heavy atom. The Balaban J connectivity index is 2.04. The van der Waals surface area contributed by atoms with Gasteiger partial charge in [0, 0.05) is 18.0 Å². The molecule has 0 saturated carbocycles. The van der Waals surface area contributed by atoms with Crippen molar-refractivity contribution in [2.75, 3.05) is 26.7 Å². The van der Waals surface area contributed by atoms with Crippen molar-refractivity contribution in [3.8, 4) is 5.75 Å². The molecule has 5 N–H and O–H groups in total. The van der Waals surface area contributed by atoms with Gasteiger partial charge in [0.15, 0.2) is 0 Å². The fourth-order valence-corrected chi connectivity index (χ4v) is 2.45. The lowest BCUT2D eigenvalue weighted by Crippen LogP contribution is -2.23. The predicted octanol–water partition coefficient (Wildman–Crippen LogP) is 0.856. The third kappa shape index (κ3) is 4.07. The molecule has 0 radical (unpaired) electrons. The van der Waals surface area contributed by atoms with Gasteiger partial charge in [0.1, 0.15) is 5.75 Å². The lowest BCUT2D eigenvalue weighted by atomic mass is 10.0. The molecule has 0 fully saturated rings. The molecule has 0 saturated heterocycles. The van der Waals surface area contributed by atoms with Crippen molar-refractivity contribution in [3.05, 3.63) is 40.2 Å². The largest absolute Gasteiger partial charge is 0.506 e. The second-order valence-electron chi connectivity index (χ2n) is 5.32. The van der Waals surface area contributed by atoms with Gasteiger partial charge in [0.25, 0.3) is 0 Å². The first-order valence-electron chi connectivity index (χ1n) is 7.51. The molecule has 0 spiro atoms. The molecular formula is C16H23N3O3. The van der Waals surface area contributed by atoms with Crippen molar-refractivity contribution in [2.45, 2.75) is 18.9 Å². The van der Waals surface area contributed by atoms with E-state index in [9.17, 15) is 15.0 Å². The van der Waals surface area contributed by atoms with Crippen molar-refractivity contribution >= 4 is 10.9 Å². The molecule has 0 amide bonds. The summed E-state index contributed by atoms with van der Waals surface area (Å²) >= 11 is 0. The van der Waals surface area contributed by atoms with Crippen LogP contribution in [0.3, 0.4) is 0 Å². The number of aromatic hydroxyl groups is 1. The summed E-state index contributed by atoms with van der Waals surface area (Å²) in [6.07, 6.45) is 1.43. The molecule has 0 bridgehead atoms. The van der Waals surface area contributed by atoms with Gasteiger partial charge in [-0.25, -0.2) is 0 Å². The van der Waals surface area contributed by atoms with Gasteiger partial charge in [0.05, 0.1) is 11.6 Å². The summed E-state index contributed by atoms with van der Waals surface area (Å²) in [7, 11) is 1.93. The number of phenols is 1. The van der Waals surface area contributed by atoms with Crippen molar-refractivity contribution in [1.82, 2.24) is 15.6 Å². The Bertz CT molecular complexity index is 669. The van der Waals surface area contributed by atoms with Gasteiger partial charge in [0.2, 0.25) is 5.56 Å². The highest BCUT2D eigenvalue weighted by Gasteiger charge is 2.13. The third-order valence-corrected chi connectivity index (χ3v) is 3.63. The molecule has 2 rings (SSSR count). The van der Waals surface area contributed by atoms with E-state index in [1.807, 2.05) is 7.05 Å². The van der Waals surface area contributed by atoms with E-state index in [4.69, 9.17) is 0 Å². The zero-order chi connectivity index (χ0) is 15.9. The predicted molar refractivity (Wildman–Crippen MR) is 87.2 cm³/mol. The number of hydrogen-bond donors (Lipinski definition) is 5. The van der Waals surface area contributed by atoms with Gasteiger partial charge in [-0.2, -0.15) is 0 Å². The van der Waals surface area contributed by atoms with Crippen molar-refractivity contribution < 1.29 is 10.2 Å². The van der Waals surface area contributed by atoms with E-state index in [1.54, 1.807) is 12.1 Å². The van der Waals surface area contributed by atoms with E-state index in [0.717, 1.165) is 25.9 Å². The highest BCUT2D eigenvalue weighted by Crippen LogP contribution is 2.28. The number of rotatable bonds is 8. The van der Waals surface area contributed by atoms with Gasteiger partial charge in [-0.15, -0.1) is 0 Å². The number of fused-ring (bicyclic) bond motifs is 1. The monoisotopic (exact) mass is 305 g/mol. The Labute approximate surface area is 129 Å². The van der Waals surface area contributed by atoms with E-state index >= 15 is 0 Å². The van der Waals surface area contributed by atoms with E-state index in [1.165, 1.54) is 12.1 Å². The standard InChI is InChI=1S/C16H23N3O3/c1-17-8-2-3-9-18-10-14(21)11-4-6-13(20)16-12(11)5-7-15(22)19-16/h4-7,14,17-18,20-21H,2-3,8-10H2,1H3,(H,19,22). The van der Waals surface area contributed by atoms with Crippen LogP contribution in [0.25, 0.3) is 10.9 Å². The molecule has 22 heavy (non-hydrogen) atoms. The number of benzene rings is 1. The molecule has 0 aliphatic carbocycles. The molecule has 1 aromatic heterocycles. The number of aliphatic hydroxyl groups is 1. The molecular weight excluding hydrogens is 282 g/mol. The summed E-state index contributed by atoms with van der Waals surface area (Å²) in [6, 6.07) is 6.19. The van der Waals surface area contributed by atoms with Crippen molar-refractivity contribution in [1.29, 1.82) is 0 Å². The Morgan fingerprint density at radius 1 is 1.18 bits per heavy atom. The Morgan fingerprint density at radius 2 is 1.95 bits per heavy atom. The maximum atomic E-state index is 11.4. The minimum absolute atomic E-state index is 0.00340. The number of H-pyrrole nitrogens is 1. The number of aliphatic hydroxyl groups excluding tert-OH is 1. The highest BCUT2D eigenvalue weighted by molar-refractivity contribution is 5.87. The number of hydrogen-bond acceptors (Lipinski definition) is 5. The number of aromatic nitrogens is 1. The van der Waals surface area contributed by atoms with Gasteiger partial charge in [-0.05, 0) is 50.7 Å². The number of pyridine rings is 1. The molecule has 1 aromatic carbocycles. The van der Waals surface area contributed by atoms with Gasteiger partial charge in [-0.1, -0.05) is 6.07 Å².